The van der Waals surface area contributed by atoms with Crippen molar-refractivity contribution in [3.05, 3.63) is 0 Å². The third kappa shape index (κ3) is 4.20. The maximum Gasteiger partial charge on any atom is 0.137 e. The number of likely N-dealkylation sites (N-methyl/N-ethyl adjacent to an activating group) is 1. The van der Waals surface area contributed by atoms with Crippen LogP contribution >= 0.6 is 0 Å². The van der Waals surface area contributed by atoms with E-state index in [4.69, 9.17) is 4.74 Å². The van der Waals surface area contributed by atoms with E-state index in [1.807, 2.05) is 14.0 Å². The lowest BCUT2D eigenvalue weighted by Gasteiger charge is -2.24. The Morgan fingerprint density at radius 2 is 2.07 bits per heavy atom. The second-order valence-electron chi connectivity index (χ2n) is 3.58. The molecule has 3 nitrogen and oxygen atoms in total. The lowest BCUT2D eigenvalue weighted by Crippen LogP contribution is -2.41. The number of carbonyl (C=O) groups is 1. The molecule has 2 atom stereocenters. The van der Waals surface area contributed by atoms with Crippen molar-refractivity contribution in [1.29, 1.82) is 0 Å². The number of ether oxygens (including phenoxy) is 1. The Morgan fingerprint density at radius 3 is 2.43 bits per heavy atom. The van der Waals surface area contributed by atoms with Crippen LogP contribution in [0, 0.1) is 5.92 Å². The van der Waals surface area contributed by atoms with E-state index in [-0.39, 0.29) is 12.0 Å². The molecular weight excluding hydrogens is 178 g/mol. The van der Waals surface area contributed by atoms with E-state index in [1.54, 1.807) is 7.11 Å². The summed E-state index contributed by atoms with van der Waals surface area (Å²) in [5.74, 6) is 0.450. The van der Waals surface area contributed by atoms with E-state index in [0.717, 1.165) is 12.8 Å². The van der Waals surface area contributed by atoms with Crippen molar-refractivity contribution >= 4 is 5.78 Å². The predicted molar refractivity (Wildman–Crippen MR) is 58.4 cm³/mol. The van der Waals surface area contributed by atoms with E-state index in [2.05, 4.69) is 12.2 Å². The highest BCUT2D eigenvalue weighted by Crippen LogP contribution is 2.13. The van der Waals surface area contributed by atoms with Crippen molar-refractivity contribution < 1.29 is 9.53 Å². The third-order valence-corrected chi connectivity index (χ3v) is 2.55. The Balaban J connectivity index is 4.26. The van der Waals surface area contributed by atoms with Crippen molar-refractivity contribution in [2.75, 3.05) is 20.8 Å². The van der Waals surface area contributed by atoms with Crippen LogP contribution in [0.3, 0.4) is 0 Å². The van der Waals surface area contributed by atoms with E-state index < -0.39 is 0 Å². The molecule has 14 heavy (non-hydrogen) atoms. The van der Waals surface area contributed by atoms with Gasteiger partial charge in [-0.25, -0.2) is 0 Å². The maximum atomic E-state index is 11.8. The Labute approximate surface area is 87.2 Å². The van der Waals surface area contributed by atoms with Crippen molar-refractivity contribution in [1.82, 2.24) is 5.32 Å². The molecule has 0 aromatic carbocycles. The van der Waals surface area contributed by atoms with E-state index in [9.17, 15) is 4.79 Å². The van der Waals surface area contributed by atoms with Gasteiger partial charge in [0.1, 0.15) is 5.78 Å². The molecule has 0 radical (unpaired) electrons. The highest BCUT2D eigenvalue weighted by atomic mass is 16.5. The molecule has 3 heteroatoms. The molecule has 2 unspecified atom stereocenters. The van der Waals surface area contributed by atoms with Crippen LogP contribution < -0.4 is 5.32 Å². The minimum Gasteiger partial charge on any atom is -0.383 e. The number of rotatable bonds is 8. The second-order valence-corrected chi connectivity index (χ2v) is 3.58. The van der Waals surface area contributed by atoms with E-state index >= 15 is 0 Å². The zero-order valence-electron chi connectivity index (χ0n) is 9.80. The highest BCUT2D eigenvalue weighted by Gasteiger charge is 2.24. The van der Waals surface area contributed by atoms with Gasteiger partial charge in [0.15, 0.2) is 0 Å². The topological polar surface area (TPSA) is 38.3 Å². The van der Waals surface area contributed by atoms with Gasteiger partial charge in [0.2, 0.25) is 0 Å². The molecule has 0 aromatic heterocycles. The van der Waals surface area contributed by atoms with Gasteiger partial charge in [-0.1, -0.05) is 13.8 Å². The summed E-state index contributed by atoms with van der Waals surface area (Å²) in [6.07, 6.45) is 2.49. The second kappa shape index (κ2) is 7.94. The normalized spacial score (nSPS) is 15.1. The maximum absolute atomic E-state index is 11.8. The Morgan fingerprint density at radius 1 is 1.43 bits per heavy atom. The molecule has 0 spiro atoms. The first kappa shape index (κ1) is 13.6. The summed E-state index contributed by atoms with van der Waals surface area (Å²) in [6, 6.07) is 0.157. The van der Waals surface area contributed by atoms with Crippen molar-refractivity contribution in [2.24, 2.45) is 5.92 Å². The Hall–Kier alpha value is -0.410. The Bertz CT molecular complexity index is 159. The van der Waals surface area contributed by atoms with Gasteiger partial charge in [0.25, 0.3) is 0 Å². The molecule has 0 heterocycles. The molecule has 0 bridgehead atoms. The first-order chi connectivity index (χ1) is 6.71. The molecule has 0 aliphatic heterocycles. The largest absolute Gasteiger partial charge is 0.383 e. The average Bonchev–Trinajstić information content (AvgIpc) is 2.18. The SMILES string of the molecule is CCCC(=O)C(CC)C(COC)NC. The van der Waals surface area contributed by atoms with Gasteiger partial charge in [-0.3, -0.25) is 4.79 Å². The van der Waals surface area contributed by atoms with Gasteiger partial charge in [-0.2, -0.15) is 0 Å². The first-order valence-corrected chi connectivity index (χ1v) is 5.40. The van der Waals surface area contributed by atoms with Gasteiger partial charge >= 0.3 is 0 Å². The van der Waals surface area contributed by atoms with Crippen LogP contribution in [0.15, 0.2) is 0 Å². The third-order valence-electron chi connectivity index (χ3n) is 2.55. The lowest BCUT2D eigenvalue weighted by molar-refractivity contribution is -0.124. The molecule has 0 rings (SSSR count). The zero-order chi connectivity index (χ0) is 11.0. The molecule has 0 saturated heterocycles. The number of ketones is 1. The molecule has 0 aromatic rings. The first-order valence-electron chi connectivity index (χ1n) is 5.40. The summed E-state index contributed by atoms with van der Waals surface area (Å²) in [7, 11) is 3.55. The minimum absolute atomic E-state index is 0.0971. The van der Waals surface area contributed by atoms with Crippen molar-refractivity contribution in [3.63, 3.8) is 0 Å². The average molecular weight is 201 g/mol. The summed E-state index contributed by atoms with van der Waals surface area (Å²) < 4.78 is 5.09. The van der Waals surface area contributed by atoms with Crippen molar-refractivity contribution in [3.8, 4) is 0 Å². The van der Waals surface area contributed by atoms with E-state index in [0.29, 0.717) is 18.8 Å². The van der Waals surface area contributed by atoms with Crippen LogP contribution in [0.5, 0.6) is 0 Å². The van der Waals surface area contributed by atoms with E-state index in [1.165, 1.54) is 0 Å². The monoisotopic (exact) mass is 201 g/mol. The van der Waals surface area contributed by atoms with Crippen LogP contribution in [0.1, 0.15) is 33.1 Å². The van der Waals surface area contributed by atoms with Crippen molar-refractivity contribution in [2.45, 2.75) is 39.2 Å². The standard InChI is InChI=1S/C11H23NO2/c1-5-7-11(13)9(6-2)10(12-3)8-14-4/h9-10,12H,5-8H2,1-4H3. The summed E-state index contributed by atoms with van der Waals surface area (Å²) >= 11 is 0. The molecule has 0 saturated carbocycles. The fourth-order valence-corrected chi connectivity index (χ4v) is 1.75. The molecule has 0 amide bonds. The van der Waals surface area contributed by atoms with Gasteiger partial charge < -0.3 is 10.1 Å². The number of nitrogens with one attached hydrogen (secondary N) is 1. The highest BCUT2D eigenvalue weighted by molar-refractivity contribution is 5.81. The van der Waals surface area contributed by atoms with Crippen LogP contribution in [0.2, 0.25) is 0 Å². The fourth-order valence-electron chi connectivity index (χ4n) is 1.75. The van der Waals surface area contributed by atoms with Crippen LogP contribution in [0.4, 0.5) is 0 Å². The van der Waals surface area contributed by atoms with Gasteiger partial charge in [-0.05, 0) is 19.9 Å². The molecule has 0 aliphatic carbocycles. The Kier molecular flexibility index (Phi) is 7.71. The predicted octanol–water partition coefficient (Wildman–Crippen LogP) is 1.62. The minimum atomic E-state index is 0.0971. The summed E-state index contributed by atoms with van der Waals surface area (Å²) in [6.45, 7) is 4.69. The van der Waals surface area contributed by atoms with Crippen LogP contribution in [-0.4, -0.2) is 32.6 Å². The molecule has 0 aliphatic rings. The number of Topliss-reactive ketones (excluding diaryl/α,β-unsaturated/α-hetero) is 1. The van der Waals surface area contributed by atoms with Gasteiger partial charge in [0, 0.05) is 25.5 Å². The quantitative estimate of drug-likeness (QED) is 0.648. The van der Waals surface area contributed by atoms with Crippen LogP contribution in [0.25, 0.3) is 0 Å². The van der Waals surface area contributed by atoms with Gasteiger partial charge in [0.05, 0.1) is 6.61 Å². The lowest BCUT2D eigenvalue weighted by atomic mass is 9.90. The molecular formula is C11H23NO2. The molecule has 84 valence electrons. The molecule has 0 fully saturated rings. The van der Waals surface area contributed by atoms with Gasteiger partial charge in [-0.15, -0.1) is 0 Å². The summed E-state index contributed by atoms with van der Waals surface area (Å²) in [5.41, 5.74) is 0. The number of hydrogen-bond donors (Lipinski definition) is 1. The number of methoxy groups -OCH3 is 1. The fraction of sp³-hybridized carbons (Fsp3) is 0.909. The zero-order valence-corrected chi connectivity index (χ0v) is 9.80. The van der Waals surface area contributed by atoms with Crippen LogP contribution in [-0.2, 0) is 9.53 Å². The summed E-state index contributed by atoms with van der Waals surface area (Å²) in [5, 5.41) is 3.15. The molecule has 1 N–H and O–H groups in total. The summed E-state index contributed by atoms with van der Waals surface area (Å²) in [4.78, 5) is 11.8. The number of hydrogen-bond acceptors (Lipinski definition) is 3. The smallest absolute Gasteiger partial charge is 0.137 e. The number of carbonyl (C=O) groups excluding carboxylic acids is 1.